The van der Waals surface area contributed by atoms with Crippen LogP contribution in [0.2, 0.25) is 0 Å². The lowest BCUT2D eigenvalue weighted by atomic mass is 10.1. The van der Waals surface area contributed by atoms with E-state index in [1.807, 2.05) is 0 Å². The van der Waals surface area contributed by atoms with E-state index < -0.39 is 22.6 Å². The van der Waals surface area contributed by atoms with Crippen LogP contribution in [-0.2, 0) is 11.0 Å². The minimum absolute atomic E-state index is 0.00534. The molecule has 4 rings (SSSR count). The van der Waals surface area contributed by atoms with Gasteiger partial charge in [0.05, 0.1) is 26.6 Å². The fourth-order valence-electron chi connectivity index (χ4n) is 3.06. The number of halogens is 3. The van der Waals surface area contributed by atoms with Crippen LogP contribution in [0.15, 0.2) is 70.0 Å². The first-order valence-electron chi connectivity index (χ1n) is 8.94. The fourth-order valence-corrected chi connectivity index (χ4v) is 4.34. The lowest BCUT2D eigenvalue weighted by molar-refractivity contribution is -0.384. The first-order valence-corrected chi connectivity index (χ1v) is 10.2. The third-order valence-electron chi connectivity index (χ3n) is 4.49. The molecule has 0 aliphatic carbocycles. The molecule has 0 saturated carbocycles. The van der Waals surface area contributed by atoms with Gasteiger partial charge in [-0.3, -0.25) is 19.8 Å². The molecule has 0 radical (unpaired) electrons. The maximum Gasteiger partial charge on any atom is 0.416 e. The monoisotopic (exact) mass is 476 g/mol. The zero-order valence-corrected chi connectivity index (χ0v) is 17.5. The Labute approximate surface area is 188 Å². The number of furan rings is 1. The number of hydrogen-bond donors (Lipinski definition) is 0. The molecular formula is C21H11F3N2O4S2. The molecular weight excluding hydrogens is 465 g/mol. The predicted octanol–water partition coefficient (Wildman–Crippen LogP) is 6.28. The Morgan fingerprint density at radius 2 is 1.84 bits per heavy atom. The maximum absolute atomic E-state index is 13.0. The number of hydrogen-bond acceptors (Lipinski definition) is 6. The van der Waals surface area contributed by atoms with E-state index in [4.69, 9.17) is 16.6 Å². The minimum atomic E-state index is -4.56. The summed E-state index contributed by atoms with van der Waals surface area (Å²) in [6, 6.07) is 13.4. The van der Waals surface area contributed by atoms with Crippen molar-refractivity contribution in [3.63, 3.8) is 0 Å². The average molecular weight is 476 g/mol. The Morgan fingerprint density at radius 1 is 1.09 bits per heavy atom. The smallest absolute Gasteiger partial charge is 0.416 e. The van der Waals surface area contributed by atoms with E-state index in [1.54, 1.807) is 6.07 Å². The van der Waals surface area contributed by atoms with Crippen molar-refractivity contribution in [1.82, 2.24) is 0 Å². The van der Waals surface area contributed by atoms with E-state index in [0.29, 0.717) is 0 Å². The zero-order valence-electron chi connectivity index (χ0n) is 15.8. The van der Waals surface area contributed by atoms with Crippen molar-refractivity contribution in [1.29, 1.82) is 0 Å². The lowest BCUT2D eigenvalue weighted by Gasteiger charge is -2.16. The molecule has 1 aromatic heterocycles. The number of para-hydroxylation sites is 1. The van der Waals surface area contributed by atoms with Gasteiger partial charge in [0, 0.05) is 12.1 Å². The molecule has 6 nitrogen and oxygen atoms in total. The number of benzene rings is 2. The number of nitrogens with zero attached hydrogens (tertiary/aromatic N) is 2. The van der Waals surface area contributed by atoms with E-state index in [1.165, 1.54) is 48.5 Å². The van der Waals surface area contributed by atoms with Crippen LogP contribution in [0, 0.1) is 10.1 Å². The van der Waals surface area contributed by atoms with E-state index in [2.05, 4.69) is 0 Å². The van der Waals surface area contributed by atoms with Gasteiger partial charge < -0.3 is 4.42 Å². The van der Waals surface area contributed by atoms with Crippen molar-refractivity contribution in [3.05, 3.63) is 87.0 Å². The SMILES string of the molecule is O=C1C(=Cc2ccc(-c3ccccc3[N+](=O)[O-])o2)SC(=S)N1c1cccc(C(F)(F)F)c1. The van der Waals surface area contributed by atoms with E-state index in [-0.39, 0.29) is 37.7 Å². The standard InChI is InChI=1S/C21H11F3N2O4S2/c22-21(23,24)12-4-3-5-13(10-12)25-19(27)18(32-20(25)31)11-14-8-9-17(30-14)15-6-1-2-7-16(15)26(28)29/h1-11H. The van der Waals surface area contributed by atoms with Gasteiger partial charge in [0.1, 0.15) is 11.5 Å². The highest BCUT2D eigenvalue weighted by molar-refractivity contribution is 8.27. The molecule has 1 saturated heterocycles. The lowest BCUT2D eigenvalue weighted by Crippen LogP contribution is -2.27. The highest BCUT2D eigenvalue weighted by atomic mass is 32.2. The summed E-state index contributed by atoms with van der Waals surface area (Å²) in [6.07, 6.45) is -3.16. The van der Waals surface area contributed by atoms with Gasteiger partial charge in [-0.2, -0.15) is 13.2 Å². The zero-order chi connectivity index (χ0) is 23.0. The van der Waals surface area contributed by atoms with Crippen LogP contribution in [0.25, 0.3) is 17.4 Å². The third-order valence-corrected chi connectivity index (χ3v) is 5.79. The second-order valence-electron chi connectivity index (χ2n) is 6.54. The van der Waals surface area contributed by atoms with Crippen LogP contribution >= 0.6 is 24.0 Å². The van der Waals surface area contributed by atoms with Gasteiger partial charge in [0.2, 0.25) is 0 Å². The molecule has 3 aromatic rings. The van der Waals surface area contributed by atoms with Crippen molar-refractivity contribution in [2.24, 2.45) is 0 Å². The summed E-state index contributed by atoms with van der Waals surface area (Å²) in [5.41, 5.74) is -0.753. The van der Waals surface area contributed by atoms with Gasteiger partial charge in [0.25, 0.3) is 11.6 Å². The van der Waals surface area contributed by atoms with Crippen molar-refractivity contribution in [2.75, 3.05) is 4.90 Å². The number of nitro groups is 1. The van der Waals surface area contributed by atoms with Crippen LogP contribution in [0.1, 0.15) is 11.3 Å². The summed E-state index contributed by atoms with van der Waals surface area (Å²) in [5.74, 6) is -0.123. The Morgan fingerprint density at radius 3 is 2.56 bits per heavy atom. The van der Waals surface area contributed by atoms with Gasteiger partial charge in [-0.15, -0.1) is 0 Å². The predicted molar refractivity (Wildman–Crippen MR) is 118 cm³/mol. The van der Waals surface area contributed by atoms with Gasteiger partial charge in [-0.05, 0) is 36.4 Å². The molecule has 32 heavy (non-hydrogen) atoms. The Bertz CT molecular complexity index is 1280. The van der Waals surface area contributed by atoms with E-state index >= 15 is 0 Å². The topological polar surface area (TPSA) is 76.6 Å². The first-order chi connectivity index (χ1) is 15.1. The summed E-state index contributed by atoms with van der Waals surface area (Å²) in [6.45, 7) is 0. The van der Waals surface area contributed by atoms with Crippen LogP contribution in [0.5, 0.6) is 0 Å². The quantitative estimate of drug-likeness (QED) is 0.191. The number of thioether (sulfide) groups is 1. The number of carbonyl (C=O) groups is 1. The van der Waals surface area contributed by atoms with Gasteiger partial charge >= 0.3 is 6.18 Å². The number of carbonyl (C=O) groups excluding carboxylic acids is 1. The van der Waals surface area contributed by atoms with Gasteiger partial charge in [-0.1, -0.05) is 42.2 Å². The van der Waals surface area contributed by atoms with Crippen LogP contribution in [0.4, 0.5) is 24.5 Å². The Kier molecular flexibility index (Phi) is 5.61. The molecule has 1 aliphatic rings. The summed E-state index contributed by atoms with van der Waals surface area (Å²) < 4.78 is 44.8. The van der Waals surface area contributed by atoms with Crippen molar-refractivity contribution in [3.8, 4) is 11.3 Å². The van der Waals surface area contributed by atoms with Crippen molar-refractivity contribution in [2.45, 2.75) is 6.18 Å². The molecule has 2 heterocycles. The molecule has 0 N–H and O–H groups in total. The van der Waals surface area contributed by atoms with E-state index in [0.717, 1.165) is 28.8 Å². The Balaban J connectivity index is 1.63. The molecule has 2 aromatic carbocycles. The molecule has 0 spiro atoms. The highest BCUT2D eigenvalue weighted by Crippen LogP contribution is 2.39. The van der Waals surface area contributed by atoms with Crippen LogP contribution < -0.4 is 4.90 Å². The molecule has 1 aliphatic heterocycles. The van der Waals surface area contributed by atoms with Crippen LogP contribution in [-0.4, -0.2) is 15.2 Å². The highest BCUT2D eigenvalue weighted by Gasteiger charge is 2.36. The largest absolute Gasteiger partial charge is 0.456 e. The number of alkyl halides is 3. The van der Waals surface area contributed by atoms with Crippen molar-refractivity contribution >= 4 is 51.7 Å². The first kappa shape index (κ1) is 21.8. The number of rotatable bonds is 4. The van der Waals surface area contributed by atoms with Gasteiger partial charge in [0.15, 0.2) is 4.32 Å². The van der Waals surface area contributed by atoms with Crippen molar-refractivity contribution < 1.29 is 27.3 Å². The number of anilines is 1. The molecule has 1 amide bonds. The summed E-state index contributed by atoms with van der Waals surface area (Å²) in [5, 5.41) is 11.2. The normalized spacial score (nSPS) is 15.6. The van der Waals surface area contributed by atoms with Gasteiger partial charge in [-0.25, -0.2) is 0 Å². The second kappa shape index (κ2) is 8.24. The number of thiocarbonyl (C=S) groups is 1. The minimum Gasteiger partial charge on any atom is -0.456 e. The molecule has 0 atom stereocenters. The fraction of sp³-hybridized carbons (Fsp3) is 0.0476. The second-order valence-corrected chi connectivity index (χ2v) is 8.22. The summed E-state index contributed by atoms with van der Waals surface area (Å²) in [4.78, 5) is 24.7. The Hall–Kier alpha value is -3.44. The van der Waals surface area contributed by atoms with E-state index in [9.17, 15) is 28.1 Å². The third kappa shape index (κ3) is 4.16. The number of nitro benzene ring substituents is 1. The number of amides is 1. The molecule has 162 valence electrons. The van der Waals surface area contributed by atoms with Crippen LogP contribution in [0.3, 0.4) is 0 Å². The molecule has 0 unspecified atom stereocenters. The molecule has 0 bridgehead atoms. The molecule has 11 heteroatoms. The summed E-state index contributed by atoms with van der Waals surface area (Å²) in [7, 11) is 0. The maximum atomic E-state index is 13.0. The average Bonchev–Trinajstić information content (AvgIpc) is 3.32. The summed E-state index contributed by atoms with van der Waals surface area (Å²) >= 11 is 6.11. The molecule has 1 fully saturated rings.